The second kappa shape index (κ2) is 40.8. The summed E-state index contributed by atoms with van der Waals surface area (Å²) >= 11 is 0. The number of hydrogen-bond acceptors (Lipinski definition) is 10. The zero-order chi connectivity index (χ0) is 78.9. The second-order valence-corrected chi connectivity index (χ2v) is 27.2. The van der Waals surface area contributed by atoms with Gasteiger partial charge in [-0.3, -0.25) is 28.8 Å². The van der Waals surface area contributed by atoms with Crippen LogP contribution in [0.5, 0.6) is 0 Å². The van der Waals surface area contributed by atoms with Crippen LogP contribution in [0, 0.1) is 74.4 Å². The number of aliphatic carboxylic acids is 1. The summed E-state index contributed by atoms with van der Waals surface area (Å²) in [4.78, 5) is 82.9. The van der Waals surface area contributed by atoms with Gasteiger partial charge in [0.1, 0.15) is 34.9 Å². The first-order chi connectivity index (χ1) is 47.9. The van der Waals surface area contributed by atoms with Gasteiger partial charge in [0, 0.05) is 71.5 Å². The van der Waals surface area contributed by atoms with Gasteiger partial charge < -0.3 is 34.3 Å². The number of carbonyl (C=O) groups excluding carboxylic acids is 3. The summed E-state index contributed by atoms with van der Waals surface area (Å²) < 4.78 is 269. The summed E-state index contributed by atoms with van der Waals surface area (Å²) in [5.41, 5.74) is -13.8. The number of carboxylic acids is 1. The van der Waals surface area contributed by atoms with E-state index in [1.807, 2.05) is 0 Å². The minimum Gasteiger partial charge on any atom is -0.870 e. The molecular weight excluding hydrogens is 1500 g/mol. The topological polar surface area (TPSA) is 178 Å². The molecule has 108 heavy (non-hydrogen) atoms. The van der Waals surface area contributed by atoms with Gasteiger partial charge in [0.2, 0.25) is 0 Å². The van der Waals surface area contributed by atoms with Crippen molar-refractivity contribution in [2.75, 3.05) is 47.9 Å². The number of alkyl halides is 12. The van der Waals surface area contributed by atoms with Crippen LogP contribution in [0.3, 0.4) is 0 Å². The van der Waals surface area contributed by atoms with Crippen molar-refractivity contribution in [1.82, 2.24) is 18.9 Å². The van der Waals surface area contributed by atoms with E-state index in [0.29, 0.717) is 25.2 Å². The van der Waals surface area contributed by atoms with E-state index >= 15 is 17.6 Å². The molecule has 2 N–H and O–H groups in total. The van der Waals surface area contributed by atoms with Crippen molar-refractivity contribution < 1.29 is 132 Å². The first-order valence-corrected chi connectivity index (χ1v) is 33.0. The molecule has 0 aliphatic carbocycles. The van der Waals surface area contributed by atoms with Gasteiger partial charge in [-0.2, -0.15) is 79.7 Å². The number of aryl methyl sites for hydroxylation is 6. The predicted octanol–water partition coefficient (Wildman–Crippen LogP) is 15.3. The van der Waals surface area contributed by atoms with Crippen LogP contribution >= 0.6 is 27.0 Å². The maximum absolute atomic E-state index is 16.6. The van der Waals surface area contributed by atoms with Gasteiger partial charge >= 0.3 is 55.5 Å². The number of benzene rings is 4. The standard InChI is InChI=1S/C38H43F9N2O4.C36H39F9N2O4.Li.H2O.2H2S/c1-8-53-32(52)16-24(34-35(40)26(17-28(36(34)41)38(45,46)47)33-21(4)13-25(39)14-22(33)5)15-30(50)29(12-20(2)3)49-19-23(10-9-11-48(6)7)27(18-31(49)51)37(42,43)44;1-18(2)10-27(47-17-21(8-7-9-46(5)6)25(16-29(47)49)35(40,41)42)28(48)13-22(14-30(50)51)32-33(38)24(15-26(34(32)39)36(43,44)45)31-19(3)11-23(37)12-20(31)4;;;;/h13-14,17-20,24,29H,8-12,15-16H2,1-7H3;11-12,15-18,22,27H,7-10,13-14H2,1-6H3,(H,50,51);;3*1H2/q;;+1;;;/p-1/t24-,29?;22-,27?;;;;/m00..../s1. The minimum absolute atomic E-state index is 0. The number of carboxylic acid groups (broad SMARTS) is 1. The monoisotopic (exact) mass is 1590 g/mol. The van der Waals surface area contributed by atoms with Crippen LogP contribution in [-0.4, -0.2) is 101 Å². The molecule has 34 heteroatoms. The minimum atomic E-state index is -5.42. The number of carbonyl (C=O) groups is 4. The van der Waals surface area contributed by atoms with Crippen LogP contribution in [0.15, 0.2) is 70.5 Å². The van der Waals surface area contributed by atoms with E-state index in [-0.39, 0.29) is 159 Å². The van der Waals surface area contributed by atoms with Crippen molar-refractivity contribution in [3.63, 3.8) is 0 Å². The van der Waals surface area contributed by atoms with Crippen molar-refractivity contribution >= 4 is 50.5 Å². The molecule has 4 atom stereocenters. The van der Waals surface area contributed by atoms with Crippen LogP contribution < -0.4 is 30.0 Å². The number of esters is 1. The quantitative estimate of drug-likeness (QED) is 0.0268. The average molecular weight is 1590 g/mol. The van der Waals surface area contributed by atoms with Crippen LogP contribution in [0.25, 0.3) is 22.3 Å². The number of Topliss-reactive ketones (excluding diaryl/α,β-unsaturated/α-hetero) is 2. The number of nitrogens with zero attached hydrogens (tertiary/aromatic N) is 4. The molecule has 0 saturated heterocycles. The number of aromatic nitrogens is 2. The van der Waals surface area contributed by atoms with Gasteiger partial charge in [-0.25, -0.2) is 26.3 Å². The van der Waals surface area contributed by atoms with Crippen LogP contribution in [-0.2, 0) is 61.5 Å². The maximum Gasteiger partial charge on any atom is 1.00 e. The smallest absolute Gasteiger partial charge is 0.870 e. The molecule has 0 aliphatic rings. The Morgan fingerprint density at radius 3 is 1.06 bits per heavy atom. The van der Waals surface area contributed by atoms with E-state index in [9.17, 15) is 95.3 Å². The van der Waals surface area contributed by atoms with Gasteiger partial charge in [-0.1, -0.05) is 27.7 Å². The van der Waals surface area contributed by atoms with Crippen LogP contribution in [0.2, 0.25) is 0 Å². The van der Waals surface area contributed by atoms with Crippen molar-refractivity contribution in [3.8, 4) is 22.3 Å². The average Bonchev–Trinajstić information content (AvgIpc) is 0.765. The zero-order valence-corrected chi connectivity index (χ0v) is 63.8. The van der Waals surface area contributed by atoms with E-state index in [1.165, 1.54) is 34.6 Å². The number of halogens is 18. The molecule has 596 valence electrons. The summed E-state index contributed by atoms with van der Waals surface area (Å²) in [6.07, 6.45) is -23.3. The largest absolute Gasteiger partial charge is 1.00 e. The Morgan fingerprint density at radius 2 is 0.787 bits per heavy atom. The molecule has 0 fully saturated rings. The molecule has 0 amide bonds. The third-order valence-corrected chi connectivity index (χ3v) is 17.3. The normalized spacial score (nSPS) is 13.0. The van der Waals surface area contributed by atoms with E-state index < -0.39 is 194 Å². The molecule has 6 rings (SSSR count). The van der Waals surface area contributed by atoms with Crippen molar-refractivity contribution in [1.29, 1.82) is 0 Å². The molecular formula is C74H87F18LiN4O9S2. The number of pyridine rings is 2. The first kappa shape index (κ1) is 99.0. The first-order valence-electron chi connectivity index (χ1n) is 33.0. The Labute approximate surface area is 639 Å². The molecule has 2 heterocycles. The molecule has 2 unspecified atom stereocenters. The fourth-order valence-electron chi connectivity index (χ4n) is 12.9. The molecule has 13 nitrogen and oxygen atoms in total. The third kappa shape index (κ3) is 25.8. The molecule has 0 radical (unpaired) electrons. The maximum atomic E-state index is 16.6. The molecule has 4 aromatic carbocycles. The molecule has 0 aliphatic heterocycles. The summed E-state index contributed by atoms with van der Waals surface area (Å²) in [6.45, 7) is 13.7. The summed E-state index contributed by atoms with van der Waals surface area (Å²) in [5, 5.41) is 9.70. The Balaban J connectivity index is 0.00000104. The Kier molecular flexibility index (Phi) is 37.4. The summed E-state index contributed by atoms with van der Waals surface area (Å²) in [5.74, 6) is -18.5. The number of ether oxygens (including phenoxy) is 1. The molecule has 0 saturated carbocycles. The SMILES string of the molecule is CCOC(=O)C[C@H](CC(=O)C(CC(C)C)n1cc(CCCN(C)C)c(C(F)(F)F)cc1=O)c1c(F)c(-c2c(C)cc(F)cc2C)cc(C(F)(F)F)c1F.Cc1cc(F)cc(C)c1-c1cc(C(F)(F)F)c(F)c([C@H](CC(=O)O)CC(=O)C(CC(C)C)n2cc(CCCN(C)C)c(C(F)(F)F)cc2=O)c1F.S.S.[Li+].[OH-]. The zero-order valence-electron chi connectivity index (χ0n) is 61.8. The molecule has 6 aromatic rings. The number of rotatable bonds is 29. The fraction of sp³-hybridized carbons (Fsp3) is 0.486. The molecule has 0 bridgehead atoms. The number of hydrogen-bond donors (Lipinski definition) is 1. The van der Waals surface area contributed by atoms with Gasteiger partial charge in [0.15, 0.2) is 11.6 Å². The molecule has 2 aromatic heterocycles. The van der Waals surface area contributed by atoms with E-state index in [1.54, 1.807) is 65.7 Å². The van der Waals surface area contributed by atoms with Crippen molar-refractivity contribution in [3.05, 3.63) is 183 Å². The second-order valence-electron chi connectivity index (χ2n) is 27.2. The third-order valence-electron chi connectivity index (χ3n) is 17.3. The summed E-state index contributed by atoms with van der Waals surface area (Å²) in [7, 11) is 6.85. The fourth-order valence-corrected chi connectivity index (χ4v) is 12.9. The van der Waals surface area contributed by atoms with Gasteiger partial charge in [-0.15, -0.1) is 0 Å². The Bertz CT molecular complexity index is 4210. The number of ketones is 2. The van der Waals surface area contributed by atoms with Gasteiger partial charge in [0.05, 0.1) is 53.8 Å². The van der Waals surface area contributed by atoms with Crippen LogP contribution in [0.1, 0.15) is 177 Å². The van der Waals surface area contributed by atoms with Crippen LogP contribution in [0.4, 0.5) is 79.0 Å². The van der Waals surface area contributed by atoms with E-state index in [4.69, 9.17) is 4.74 Å². The molecule has 0 spiro atoms. The van der Waals surface area contributed by atoms with Gasteiger partial charge in [-0.05, 0) is 207 Å². The van der Waals surface area contributed by atoms with E-state index in [0.717, 1.165) is 45.8 Å². The summed E-state index contributed by atoms with van der Waals surface area (Å²) in [6, 6.07) is 1.79. The van der Waals surface area contributed by atoms with Crippen molar-refractivity contribution in [2.45, 2.75) is 175 Å². The van der Waals surface area contributed by atoms with E-state index in [2.05, 4.69) is 0 Å². The Hall–Kier alpha value is -7.02. The van der Waals surface area contributed by atoms with Gasteiger partial charge in [0.25, 0.3) is 11.1 Å². The Morgan fingerprint density at radius 1 is 0.481 bits per heavy atom. The predicted molar refractivity (Wildman–Crippen MR) is 376 cm³/mol. The van der Waals surface area contributed by atoms with Crippen molar-refractivity contribution in [2.24, 2.45) is 11.8 Å².